The zero-order valence-corrected chi connectivity index (χ0v) is 17.3. The number of aromatic nitrogens is 6. The molecule has 9 heteroatoms. The van der Waals surface area contributed by atoms with E-state index in [0.29, 0.717) is 18.3 Å². The molecule has 1 fully saturated rings. The Morgan fingerprint density at radius 2 is 1.97 bits per heavy atom. The first-order valence-electron chi connectivity index (χ1n) is 9.87. The predicted molar refractivity (Wildman–Crippen MR) is 113 cm³/mol. The highest BCUT2D eigenvalue weighted by atomic mass is 16.2. The first-order valence-corrected chi connectivity index (χ1v) is 9.87. The van der Waals surface area contributed by atoms with E-state index >= 15 is 0 Å². The van der Waals surface area contributed by atoms with Crippen molar-refractivity contribution in [2.45, 2.75) is 32.7 Å². The third-order valence-electron chi connectivity index (χ3n) is 4.93. The topological polar surface area (TPSA) is 102 Å². The van der Waals surface area contributed by atoms with Gasteiger partial charge in [0.25, 0.3) is 0 Å². The SMILES string of the molecule is Cc1cc(C)nc(Nc2nccnc2[C@@H]2CCCN2C(=O)/C=C/c2cnn(C)c2)n1. The van der Waals surface area contributed by atoms with Gasteiger partial charge in [-0.3, -0.25) is 14.5 Å². The molecule has 154 valence electrons. The van der Waals surface area contributed by atoms with Crippen molar-refractivity contribution in [2.75, 3.05) is 11.9 Å². The van der Waals surface area contributed by atoms with Gasteiger partial charge < -0.3 is 10.2 Å². The number of likely N-dealkylation sites (tertiary alicyclic amines) is 1. The van der Waals surface area contributed by atoms with Gasteiger partial charge in [0, 0.05) is 55.2 Å². The number of rotatable bonds is 5. The van der Waals surface area contributed by atoms with Gasteiger partial charge in [0.1, 0.15) is 5.69 Å². The van der Waals surface area contributed by atoms with E-state index in [-0.39, 0.29) is 11.9 Å². The molecule has 1 amide bonds. The molecule has 0 bridgehead atoms. The zero-order chi connectivity index (χ0) is 21.1. The molecular weight excluding hydrogens is 380 g/mol. The monoisotopic (exact) mass is 404 g/mol. The van der Waals surface area contributed by atoms with Gasteiger partial charge >= 0.3 is 0 Å². The Hall–Kier alpha value is -3.62. The van der Waals surface area contributed by atoms with E-state index in [4.69, 9.17) is 0 Å². The minimum Gasteiger partial charge on any atom is -0.330 e. The van der Waals surface area contributed by atoms with Crippen LogP contribution < -0.4 is 5.32 Å². The summed E-state index contributed by atoms with van der Waals surface area (Å²) in [5.41, 5.74) is 3.35. The molecule has 4 heterocycles. The average molecular weight is 404 g/mol. The summed E-state index contributed by atoms with van der Waals surface area (Å²) in [5, 5.41) is 7.31. The number of anilines is 2. The van der Waals surface area contributed by atoms with Crippen LogP contribution in [-0.4, -0.2) is 47.1 Å². The standard InChI is InChI=1S/C21H24N8O/c1-14-11-15(2)26-21(25-14)27-20-19(22-8-9-23-20)17-5-4-10-29(17)18(30)7-6-16-12-24-28(3)13-16/h6-9,11-13,17H,4-5,10H2,1-3H3,(H,23,25,26,27)/b7-6+/t17-/m0/s1. The van der Waals surface area contributed by atoms with E-state index in [0.717, 1.165) is 35.5 Å². The van der Waals surface area contributed by atoms with E-state index < -0.39 is 0 Å². The van der Waals surface area contributed by atoms with Crippen LogP contribution in [-0.2, 0) is 11.8 Å². The second kappa shape index (κ2) is 8.40. The Morgan fingerprint density at radius 1 is 1.20 bits per heavy atom. The molecule has 0 radical (unpaired) electrons. The van der Waals surface area contributed by atoms with Crippen molar-refractivity contribution in [3.05, 3.63) is 59.6 Å². The molecule has 0 aliphatic carbocycles. The highest BCUT2D eigenvalue weighted by Gasteiger charge is 2.32. The van der Waals surface area contributed by atoms with Crippen LogP contribution >= 0.6 is 0 Å². The molecule has 0 saturated carbocycles. The summed E-state index contributed by atoms with van der Waals surface area (Å²) in [4.78, 5) is 32.6. The Labute approximate surface area is 174 Å². The average Bonchev–Trinajstić information content (AvgIpc) is 3.35. The number of carbonyl (C=O) groups is 1. The van der Waals surface area contributed by atoms with Gasteiger partial charge in [-0.15, -0.1) is 0 Å². The fraction of sp³-hybridized carbons (Fsp3) is 0.333. The van der Waals surface area contributed by atoms with E-state index in [2.05, 4.69) is 30.4 Å². The highest BCUT2D eigenvalue weighted by Crippen LogP contribution is 2.34. The molecule has 1 atom stereocenters. The molecule has 1 saturated heterocycles. The Kier molecular flexibility index (Phi) is 5.51. The van der Waals surface area contributed by atoms with E-state index in [9.17, 15) is 4.79 Å². The number of amides is 1. The van der Waals surface area contributed by atoms with E-state index in [1.54, 1.807) is 35.4 Å². The lowest BCUT2D eigenvalue weighted by Crippen LogP contribution is -2.30. The van der Waals surface area contributed by atoms with Gasteiger partial charge in [0.15, 0.2) is 5.82 Å². The summed E-state index contributed by atoms with van der Waals surface area (Å²) < 4.78 is 1.70. The van der Waals surface area contributed by atoms with Crippen LogP contribution in [0.1, 0.15) is 41.5 Å². The minimum atomic E-state index is -0.154. The van der Waals surface area contributed by atoms with Gasteiger partial charge in [-0.1, -0.05) is 0 Å². The summed E-state index contributed by atoms with van der Waals surface area (Å²) >= 11 is 0. The molecule has 1 aliphatic rings. The Morgan fingerprint density at radius 3 is 2.70 bits per heavy atom. The van der Waals surface area contributed by atoms with E-state index in [1.165, 1.54) is 0 Å². The molecule has 3 aromatic rings. The van der Waals surface area contributed by atoms with Gasteiger partial charge in [-0.2, -0.15) is 5.10 Å². The van der Waals surface area contributed by atoms with Crippen molar-refractivity contribution in [3.8, 4) is 0 Å². The van der Waals surface area contributed by atoms with Gasteiger partial charge in [0.2, 0.25) is 11.9 Å². The molecule has 1 aliphatic heterocycles. The highest BCUT2D eigenvalue weighted by molar-refractivity contribution is 5.92. The lowest BCUT2D eigenvalue weighted by Gasteiger charge is -2.24. The summed E-state index contributed by atoms with van der Waals surface area (Å²) in [6.07, 6.45) is 12.0. The van der Waals surface area contributed by atoms with Crippen LogP contribution in [0.2, 0.25) is 0 Å². The summed E-state index contributed by atoms with van der Waals surface area (Å²) in [6.45, 7) is 4.52. The fourth-order valence-corrected chi connectivity index (χ4v) is 3.68. The van der Waals surface area contributed by atoms with Gasteiger partial charge in [0.05, 0.1) is 12.2 Å². The summed E-state index contributed by atoms with van der Waals surface area (Å²) in [6, 6.07) is 1.76. The van der Waals surface area contributed by atoms with Crippen molar-refractivity contribution in [3.63, 3.8) is 0 Å². The maximum atomic E-state index is 12.9. The molecule has 0 spiro atoms. The Balaban J connectivity index is 1.57. The van der Waals surface area contributed by atoms with Crippen LogP contribution in [0.25, 0.3) is 6.08 Å². The number of hydrogen-bond acceptors (Lipinski definition) is 7. The lowest BCUT2D eigenvalue weighted by atomic mass is 10.1. The molecule has 3 aromatic heterocycles. The number of aryl methyl sites for hydroxylation is 3. The quantitative estimate of drug-likeness (QED) is 0.652. The normalized spacial score (nSPS) is 16.4. The minimum absolute atomic E-state index is 0.0550. The molecular formula is C21H24N8O. The second-order valence-corrected chi connectivity index (χ2v) is 7.36. The molecule has 1 N–H and O–H groups in total. The van der Waals surface area contributed by atoms with Gasteiger partial charge in [-0.25, -0.2) is 15.0 Å². The van der Waals surface area contributed by atoms with Crippen molar-refractivity contribution in [2.24, 2.45) is 7.05 Å². The van der Waals surface area contributed by atoms with Crippen molar-refractivity contribution in [1.29, 1.82) is 0 Å². The molecule has 0 unspecified atom stereocenters. The third kappa shape index (κ3) is 4.35. The number of nitrogens with zero attached hydrogens (tertiary/aromatic N) is 7. The van der Waals surface area contributed by atoms with E-state index in [1.807, 2.05) is 38.1 Å². The van der Waals surface area contributed by atoms with Crippen LogP contribution in [0.4, 0.5) is 11.8 Å². The predicted octanol–water partition coefficient (Wildman–Crippen LogP) is 2.74. The smallest absolute Gasteiger partial charge is 0.247 e. The van der Waals surface area contributed by atoms with Gasteiger partial charge in [-0.05, 0) is 38.8 Å². The third-order valence-corrected chi connectivity index (χ3v) is 4.93. The lowest BCUT2D eigenvalue weighted by molar-refractivity contribution is -0.126. The first-order chi connectivity index (χ1) is 14.5. The van der Waals surface area contributed by atoms with Crippen molar-refractivity contribution < 1.29 is 4.79 Å². The maximum Gasteiger partial charge on any atom is 0.247 e. The van der Waals surface area contributed by atoms with Crippen molar-refractivity contribution >= 4 is 23.7 Å². The van der Waals surface area contributed by atoms with Crippen LogP contribution in [0.5, 0.6) is 0 Å². The molecule has 30 heavy (non-hydrogen) atoms. The molecule has 4 rings (SSSR count). The van der Waals surface area contributed by atoms with Crippen LogP contribution in [0.3, 0.4) is 0 Å². The number of nitrogens with one attached hydrogen (secondary N) is 1. The second-order valence-electron chi connectivity index (χ2n) is 7.36. The summed E-state index contributed by atoms with van der Waals surface area (Å²) in [7, 11) is 1.84. The fourth-order valence-electron chi connectivity index (χ4n) is 3.68. The largest absolute Gasteiger partial charge is 0.330 e. The molecule has 9 nitrogen and oxygen atoms in total. The zero-order valence-electron chi connectivity index (χ0n) is 17.3. The van der Waals surface area contributed by atoms with Crippen molar-refractivity contribution in [1.82, 2.24) is 34.6 Å². The maximum absolute atomic E-state index is 12.9. The number of carbonyl (C=O) groups excluding carboxylic acids is 1. The first kappa shape index (κ1) is 19.7. The van der Waals surface area contributed by atoms with Crippen LogP contribution in [0, 0.1) is 13.8 Å². The summed E-state index contributed by atoms with van der Waals surface area (Å²) in [5.74, 6) is 0.991. The Bertz CT molecular complexity index is 1070. The van der Waals surface area contributed by atoms with Crippen LogP contribution in [0.15, 0.2) is 36.9 Å². The molecule has 0 aromatic carbocycles. The number of hydrogen-bond donors (Lipinski definition) is 1.